The number of nitrogens with one attached hydrogen (secondary N) is 2. The Labute approximate surface area is 249 Å². The van der Waals surface area contributed by atoms with Crippen LogP contribution < -0.4 is 20.4 Å². The first-order valence-electron chi connectivity index (χ1n) is 14.9. The molecule has 0 unspecified atom stereocenters. The summed E-state index contributed by atoms with van der Waals surface area (Å²) in [5.74, 6) is -0.639. The van der Waals surface area contributed by atoms with E-state index in [-0.39, 0.29) is 17.5 Å². The second kappa shape index (κ2) is 13.4. The fourth-order valence-corrected chi connectivity index (χ4v) is 5.89. The lowest BCUT2D eigenvalue weighted by Gasteiger charge is -2.36. The normalized spacial score (nSPS) is 16.6. The highest BCUT2D eigenvalue weighted by atomic mass is 16.2. The smallest absolute Gasteiger partial charge is 0.274 e. The van der Waals surface area contributed by atoms with E-state index in [9.17, 15) is 9.59 Å². The summed E-state index contributed by atoms with van der Waals surface area (Å²) in [7, 11) is 8.57. The van der Waals surface area contributed by atoms with Gasteiger partial charge in [0.25, 0.3) is 11.8 Å². The quantitative estimate of drug-likeness (QED) is 0.409. The van der Waals surface area contributed by atoms with Gasteiger partial charge in [-0.25, -0.2) is 0 Å². The maximum Gasteiger partial charge on any atom is 0.274 e. The Bertz CT molecular complexity index is 1240. The molecule has 0 radical (unpaired) electrons. The number of pyridine rings is 1. The molecule has 0 saturated carbocycles. The Morgan fingerprint density at radius 3 is 1.52 bits per heavy atom. The van der Waals surface area contributed by atoms with Crippen LogP contribution in [0.25, 0.3) is 0 Å². The topological polar surface area (TPSA) is 84.0 Å². The molecule has 9 heteroatoms. The molecule has 2 N–H and O–H groups in total. The van der Waals surface area contributed by atoms with E-state index in [2.05, 4.69) is 63.4 Å². The van der Waals surface area contributed by atoms with Crippen LogP contribution in [0.4, 0.5) is 22.7 Å². The summed E-state index contributed by atoms with van der Waals surface area (Å²) in [6, 6.07) is 20.3. The summed E-state index contributed by atoms with van der Waals surface area (Å²) in [5, 5.41) is 5.85. The van der Waals surface area contributed by atoms with Gasteiger partial charge in [0.1, 0.15) is 5.69 Å². The van der Waals surface area contributed by atoms with Crippen LogP contribution in [0, 0.1) is 0 Å². The Morgan fingerprint density at radius 2 is 1.10 bits per heavy atom. The lowest BCUT2D eigenvalue weighted by Crippen LogP contribution is -2.41. The third-order valence-corrected chi connectivity index (χ3v) is 8.62. The molecular weight excluding hydrogens is 526 g/mol. The summed E-state index contributed by atoms with van der Waals surface area (Å²) in [4.78, 5) is 39.5. The van der Waals surface area contributed by atoms with Crippen LogP contribution in [0.5, 0.6) is 0 Å². The summed E-state index contributed by atoms with van der Waals surface area (Å²) >= 11 is 0. The Morgan fingerprint density at radius 1 is 0.667 bits per heavy atom. The number of carbonyl (C=O) groups excluding carboxylic acids is 2. The van der Waals surface area contributed by atoms with Crippen molar-refractivity contribution < 1.29 is 9.59 Å². The minimum Gasteiger partial charge on any atom is -0.371 e. The number of hydrogen-bond donors (Lipinski definition) is 2. The van der Waals surface area contributed by atoms with Gasteiger partial charge < -0.3 is 30.2 Å². The minimum atomic E-state index is -0.355. The highest BCUT2D eigenvalue weighted by molar-refractivity contribution is 6.07. The molecule has 3 aromatic rings. The molecular formula is C33H43N7O2. The van der Waals surface area contributed by atoms with Crippen LogP contribution in [-0.2, 0) is 0 Å². The zero-order valence-corrected chi connectivity index (χ0v) is 25.2. The van der Waals surface area contributed by atoms with Crippen molar-refractivity contribution in [1.82, 2.24) is 14.8 Å². The number of aromatic nitrogens is 1. The first-order chi connectivity index (χ1) is 20.3. The molecule has 0 atom stereocenters. The Balaban J connectivity index is 1.14. The number of piperidine rings is 2. The zero-order chi connectivity index (χ0) is 29.6. The summed E-state index contributed by atoms with van der Waals surface area (Å²) in [5.41, 5.74) is 4.28. The fourth-order valence-electron chi connectivity index (χ4n) is 5.89. The van der Waals surface area contributed by atoms with Crippen LogP contribution >= 0.6 is 0 Å². The molecule has 5 rings (SSSR count). The number of benzene rings is 2. The van der Waals surface area contributed by atoms with E-state index >= 15 is 0 Å². The number of rotatable bonds is 8. The molecule has 2 amide bonds. The van der Waals surface area contributed by atoms with Crippen molar-refractivity contribution >= 4 is 34.6 Å². The molecule has 3 heterocycles. The van der Waals surface area contributed by atoms with Gasteiger partial charge in [-0.1, -0.05) is 0 Å². The number of hydrogen-bond acceptors (Lipinski definition) is 7. The van der Waals surface area contributed by atoms with E-state index in [1.54, 1.807) is 6.07 Å². The number of amides is 2. The van der Waals surface area contributed by atoms with Crippen LogP contribution in [0.2, 0.25) is 0 Å². The largest absolute Gasteiger partial charge is 0.371 e. The first-order valence-corrected chi connectivity index (χ1v) is 14.9. The molecule has 222 valence electrons. The van der Waals surface area contributed by atoms with Gasteiger partial charge in [-0.05, 0) is 115 Å². The van der Waals surface area contributed by atoms with Gasteiger partial charge >= 0.3 is 0 Å². The van der Waals surface area contributed by atoms with Gasteiger partial charge in [-0.3, -0.25) is 14.6 Å². The molecule has 2 aliphatic rings. The van der Waals surface area contributed by atoms with E-state index in [4.69, 9.17) is 0 Å². The third-order valence-electron chi connectivity index (χ3n) is 8.62. The van der Waals surface area contributed by atoms with Crippen molar-refractivity contribution in [1.29, 1.82) is 0 Å². The molecule has 1 aromatic heterocycles. The average molecular weight is 570 g/mol. The average Bonchev–Trinajstić information content (AvgIpc) is 3.02. The molecule has 2 aliphatic heterocycles. The molecule has 0 bridgehead atoms. The molecule has 42 heavy (non-hydrogen) atoms. The standard InChI is InChI=1S/C33H43N7O2/c1-37(2)27-14-19-39(20-15-27)29-9-5-25(6-10-29)35-32(41)24-13-18-34-31(23-24)33(42)36-26-7-11-30(12-8-26)40-21-16-28(17-22-40)38(3)4/h5-13,18,23,27-28H,14-17,19-22H2,1-4H3,(H,35,41)(H,36,42). The Kier molecular flexibility index (Phi) is 9.39. The van der Waals surface area contributed by atoms with E-state index in [1.807, 2.05) is 48.5 Å². The minimum absolute atomic E-state index is 0.189. The second-order valence-corrected chi connectivity index (χ2v) is 11.8. The van der Waals surface area contributed by atoms with Gasteiger partial charge in [-0.2, -0.15) is 0 Å². The maximum absolute atomic E-state index is 13.0. The molecule has 9 nitrogen and oxygen atoms in total. The van der Waals surface area contributed by atoms with Gasteiger partial charge in [0.2, 0.25) is 0 Å². The van der Waals surface area contributed by atoms with Gasteiger partial charge in [0.05, 0.1) is 0 Å². The number of anilines is 4. The summed E-state index contributed by atoms with van der Waals surface area (Å²) in [6.45, 7) is 4.09. The molecule has 0 spiro atoms. The van der Waals surface area contributed by atoms with Crippen molar-refractivity contribution in [2.75, 3.05) is 74.8 Å². The fraction of sp³-hybridized carbons (Fsp3) is 0.424. The van der Waals surface area contributed by atoms with Crippen LogP contribution in [0.1, 0.15) is 46.5 Å². The van der Waals surface area contributed by atoms with E-state index in [0.29, 0.717) is 29.0 Å². The Hall–Kier alpha value is -3.95. The summed E-state index contributed by atoms with van der Waals surface area (Å²) < 4.78 is 0. The van der Waals surface area contributed by atoms with Crippen LogP contribution in [-0.4, -0.2) is 93.1 Å². The van der Waals surface area contributed by atoms with Crippen molar-refractivity contribution in [2.24, 2.45) is 0 Å². The molecule has 0 aliphatic carbocycles. The molecule has 2 aromatic carbocycles. The number of carbonyl (C=O) groups is 2. The van der Waals surface area contributed by atoms with E-state index < -0.39 is 0 Å². The predicted molar refractivity (Wildman–Crippen MR) is 171 cm³/mol. The zero-order valence-electron chi connectivity index (χ0n) is 25.2. The van der Waals surface area contributed by atoms with E-state index in [0.717, 1.165) is 63.2 Å². The van der Waals surface area contributed by atoms with Gasteiger partial charge in [0.15, 0.2) is 0 Å². The lowest BCUT2D eigenvalue weighted by atomic mass is 10.0. The highest BCUT2D eigenvalue weighted by Gasteiger charge is 2.22. The predicted octanol–water partition coefficient (Wildman–Crippen LogP) is 4.65. The second-order valence-electron chi connectivity index (χ2n) is 11.8. The monoisotopic (exact) mass is 569 g/mol. The van der Waals surface area contributed by atoms with Gasteiger partial charge in [-0.15, -0.1) is 0 Å². The van der Waals surface area contributed by atoms with Crippen molar-refractivity contribution in [3.63, 3.8) is 0 Å². The number of nitrogens with zero attached hydrogens (tertiary/aromatic N) is 5. The van der Waals surface area contributed by atoms with Crippen LogP contribution in [0.3, 0.4) is 0 Å². The van der Waals surface area contributed by atoms with E-state index in [1.165, 1.54) is 12.3 Å². The summed E-state index contributed by atoms with van der Waals surface area (Å²) in [6.07, 6.45) is 6.06. The van der Waals surface area contributed by atoms with Gasteiger partial charge in [0, 0.05) is 72.8 Å². The SMILES string of the molecule is CN(C)C1CCN(c2ccc(NC(=O)c3ccnc(C(=O)Nc4ccc(N5CCC(N(C)C)CC5)cc4)c3)cc2)CC1. The van der Waals surface area contributed by atoms with Crippen LogP contribution in [0.15, 0.2) is 66.9 Å². The first kappa shape index (κ1) is 29.5. The molecule has 2 fully saturated rings. The van der Waals surface area contributed by atoms with Crippen molar-refractivity contribution in [3.8, 4) is 0 Å². The molecule has 2 saturated heterocycles. The highest BCUT2D eigenvalue weighted by Crippen LogP contribution is 2.25. The maximum atomic E-state index is 13.0. The third kappa shape index (κ3) is 7.27. The van der Waals surface area contributed by atoms with Crippen molar-refractivity contribution in [3.05, 3.63) is 78.1 Å². The lowest BCUT2D eigenvalue weighted by molar-refractivity contribution is 0.102. The van der Waals surface area contributed by atoms with Crippen molar-refractivity contribution in [2.45, 2.75) is 37.8 Å².